The molecule has 0 radical (unpaired) electrons. The van der Waals surface area contributed by atoms with Gasteiger partial charge in [-0.1, -0.05) is 30.7 Å². The number of methoxy groups -OCH3 is 1. The number of nitrogens with one attached hydrogen (secondary N) is 2. The van der Waals surface area contributed by atoms with Gasteiger partial charge < -0.3 is 19.9 Å². The number of anilines is 2. The topological polar surface area (TPSA) is 85.2 Å². The van der Waals surface area contributed by atoms with Gasteiger partial charge in [0.25, 0.3) is 5.91 Å². The average molecular weight is 481 g/mol. The fourth-order valence-corrected chi connectivity index (χ4v) is 3.82. The van der Waals surface area contributed by atoms with Crippen LogP contribution < -0.4 is 15.4 Å². The summed E-state index contributed by atoms with van der Waals surface area (Å²) in [6, 6.07) is 16.2. The first-order chi connectivity index (χ1) is 16.4. The molecule has 0 spiro atoms. The molecule has 0 aliphatic carbocycles. The number of carbonyl (C=O) groups excluding carboxylic acids is 2. The molecular weight excluding hydrogens is 459 g/mol. The second-order valence-electron chi connectivity index (χ2n) is 7.50. The highest BCUT2D eigenvalue weighted by Gasteiger charge is 2.16. The first kappa shape index (κ1) is 23.3. The molecule has 3 aromatic carbocycles. The second kappa shape index (κ2) is 9.93. The Morgan fingerprint density at radius 2 is 1.88 bits per heavy atom. The molecule has 174 valence electrons. The van der Waals surface area contributed by atoms with Gasteiger partial charge in [-0.2, -0.15) is 0 Å². The van der Waals surface area contributed by atoms with Gasteiger partial charge in [-0.25, -0.2) is 9.37 Å². The quantitative estimate of drug-likeness (QED) is 0.376. The number of para-hydroxylation sites is 2. The summed E-state index contributed by atoms with van der Waals surface area (Å²) in [5, 5.41) is 5.65. The second-order valence-corrected chi connectivity index (χ2v) is 7.93. The predicted molar refractivity (Wildman–Crippen MR) is 130 cm³/mol. The summed E-state index contributed by atoms with van der Waals surface area (Å²) >= 11 is 5.76. The number of amides is 2. The number of ether oxygens (including phenoxy) is 1. The number of fused-ring (bicyclic) bond motifs is 1. The summed E-state index contributed by atoms with van der Waals surface area (Å²) in [4.78, 5) is 30.0. The molecular formula is C25H22ClFN4O3. The molecule has 1 heterocycles. The molecule has 1 aromatic heterocycles. The van der Waals surface area contributed by atoms with Crippen LogP contribution in [0.15, 0.2) is 60.7 Å². The molecule has 0 aliphatic heterocycles. The summed E-state index contributed by atoms with van der Waals surface area (Å²) in [7, 11) is 1.45. The third-order valence-electron chi connectivity index (χ3n) is 5.26. The van der Waals surface area contributed by atoms with Gasteiger partial charge in [0.15, 0.2) is 0 Å². The molecule has 0 fully saturated rings. The van der Waals surface area contributed by atoms with E-state index in [1.54, 1.807) is 18.2 Å². The molecule has 4 aromatic rings. The molecule has 0 unspecified atom stereocenters. The number of hydrogen-bond donors (Lipinski definition) is 2. The Balaban J connectivity index is 1.54. The van der Waals surface area contributed by atoms with E-state index < -0.39 is 11.7 Å². The number of benzene rings is 3. The van der Waals surface area contributed by atoms with Gasteiger partial charge in [0.2, 0.25) is 5.91 Å². The van der Waals surface area contributed by atoms with E-state index in [2.05, 4.69) is 15.6 Å². The van der Waals surface area contributed by atoms with E-state index in [0.717, 1.165) is 22.9 Å². The standard InChI is InChI=1S/C25H22ClFN4O3/c1-3-23-29-19-6-4-5-7-21(19)31(23)14-24(32)28-16-9-11-22(34-2)20(13-16)30-25(33)17-10-8-15(26)12-18(17)27/h4-13H,3,14H2,1-2H3,(H,28,32)(H,30,33). The van der Waals surface area contributed by atoms with Crippen LogP contribution in [0.2, 0.25) is 5.02 Å². The minimum absolute atomic E-state index is 0.0768. The number of rotatable bonds is 7. The van der Waals surface area contributed by atoms with Gasteiger partial charge in [0, 0.05) is 17.1 Å². The number of carbonyl (C=O) groups is 2. The van der Waals surface area contributed by atoms with Crippen molar-refractivity contribution in [3.05, 3.63) is 82.9 Å². The number of imidazole rings is 1. The van der Waals surface area contributed by atoms with E-state index in [-0.39, 0.29) is 28.7 Å². The first-order valence-electron chi connectivity index (χ1n) is 10.6. The normalized spacial score (nSPS) is 10.8. The number of aryl methyl sites for hydroxylation is 1. The van der Waals surface area contributed by atoms with E-state index in [1.807, 2.05) is 35.8 Å². The summed E-state index contributed by atoms with van der Waals surface area (Å²) in [5.74, 6) is -0.510. The first-order valence-corrected chi connectivity index (χ1v) is 11.0. The van der Waals surface area contributed by atoms with Crippen molar-refractivity contribution in [3.8, 4) is 5.75 Å². The molecule has 34 heavy (non-hydrogen) atoms. The number of hydrogen-bond acceptors (Lipinski definition) is 4. The highest BCUT2D eigenvalue weighted by Crippen LogP contribution is 2.29. The minimum atomic E-state index is -0.743. The molecule has 7 nitrogen and oxygen atoms in total. The molecule has 9 heteroatoms. The van der Waals surface area contributed by atoms with E-state index >= 15 is 0 Å². The largest absolute Gasteiger partial charge is 0.495 e. The summed E-state index contributed by atoms with van der Waals surface area (Å²) in [6.45, 7) is 2.06. The molecule has 0 aliphatic rings. The Morgan fingerprint density at radius 1 is 1.09 bits per heavy atom. The van der Waals surface area contributed by atoms with Crippen LogP contribution in [0.25, 0.3) is 11.0 Å². The average Bonchev–Trinajstić information content (AvgIpc) is 3.16. The monoisotopic (exact) mass is 480 g/mol. The smallest absolute Gasteiger partial charge is 0.258 e. The van der Waals surface area contributed by atoms with Gasteiger partial charge >= 0.3 is 0 Å². The van der Waals surface area contributed by atoms with E-state index in [1.165, 1.54) is 19.2 Å². The predicted octanol–water partition coefficient (Wildman–Crippen LogP) is 5.29. The van der Waals surface area contributed by atoms with Crippen LogP contribution in [0.3, 0.4) is 0 Å². The van der Waals surface area contributed by atoms with Crippen LogP contribution in [-0.2, 0) is 17.8 Å². The maximum absolute atomic E-state index is 14.1. The molecule has 0 atom stereocenters. The van der Waals surface area contributed by atoms with Gasteiger partial charge in [-0.3, -0.25) is 9.59 Å². The van der Waals surface area contributed by atoms with Crippen LogP contribution in [-0.4, -0.2) is 28.5 Å². The van der Waals surface area contributed by atoms with Crippen molar-refractivity contribution in [2.45, 2.75) is 19.9 Å². The zero-order valence-corrected chi connectivity index (χ0v) is 19.3. The molecule has 0 saturated carbocycles. The van der Waals surface area contributed by atoms with Gasteiger partial charge in [0.05, 0.1) is 29.4 Å². The maximum Gasteiger partial charge on any atom is 0.258 e. The lowest BCUT2D eigenvalue weighted by atomic mass is 10.2. The van der Waals surface area contributed by atoms with Gasteiger partial charge in [-0.05, 0) is 48.5 Å². The zero-order valence-electron chi connectivity index (χ0n) is 18.6. The van der Waals surface area contributed by atoms with E-state index in [9.17, 15) is 14.0 Å². The third kappa shape index (κ3) is 4.87. The Hall–Kier alpha value is -3.91. The van der Waals surface area contributed by atoms with Crippen molar-refractivity contribution >= 4 is 45.8 Å². The van der Waals surface area contributed by atoms with Crippen molar-refractivity contribution in [1.82, 2.24) is 9.55 Å². The van der Waals surface area contributed by atoms with Crippen LogP contribution in [0.5, 0.6) is 5.75 Å². The van der Waals surface area contributed by atoms with Crippen molar-refractivity contribution in [2.24, 2.45) is 0 Å². The van der Waals surface area contributed by atoms with Crippen molar-refractivity contribution in [1.29, 1.82) is 0 Å². The van der Waals surface area contributed by atoms with E-state index in [0.29, 0.717) is 17.9 Å². The number of halogens is 2. The van der Waals surface area contributed by atoms with Crippen molar-refractivity contribution in [2.75, 3.05) is 17.7 Å². The third-order valence-corrected chi connectivity index (χ3v) is 5.49. The fraction of sp³-hybridized carbons (Fsp3) is 0.160. The lowest BCUT2D eigenvalue weighted by Gasteiger charge is -2.14. The van der Waals surface area contributed by atoms with Crippen LogP contribution in [0, 0.1) is 5.82 Å². The Labute approximate surface area is 200 Å². The molecule has 0 bridgehead atoms. The van der Waals surface area contributed by atoms with E-state index in [4.69, 9.17) is 16.3 Å². The number of aromatic nitrogens is 2. The Kier molecular flexibility index (Phi) is 6.79. The Morgan fingerprint density at radius 3 is 2.62 bits per heavy atom. The zero-order chi connectivity index (χ0) is 24.2. The minimum Gasteiger partial charge on any atom is -0.495 e. The lowest BCUT2D eigenvalue weighted by Crippen LogP contribution is -2.20. The SMILES string of the molecule is CCc1nc2ccccc2n1CC(=O)Nc1ccc(OC)c(NC(=O)c2ccc(Cl)cc2F)c1. The fourth-order valence-electron chi connectivity index (χ4n) is 3.66. The van der Waals surface area contributed by atoms with Crippen LogP contribution >= 0.6 is 11.6 Å². The van der Waals surface area contributed by atoms with Crippen molar-refractivity contribution in [3.63, 3.8) is 0 Å². The summed E-state index contributed by atoms with van der Waals surface area (Å²) in [6.07, 6.45) is 0.682. The summed E-state index contributed by atoms with van der Waals surface area (Å²) < 4.78 is 21.3. The maximum atomic E-state index is 14.1. The van der Waals surface area contributed by atoms with Gasteiger partial charge in [-0.15, -0.1) is 0 Å². The lowest BCUT2D eigenvalue weighted by molar-refractivity contribution is -0.116. The molecule has 0 saturated heterocycles. The molecule has 4 rings (SSSR count). The molecule has 2 N–H and O–H groups in total. The highest BCUT2D eigenvalue weighted by molar-refractivity contribution is 6.30. The Bertz CT molecular complexity index is 1390. The summed E-state index contributed by atoms with van der Waals surface area (Å²) in [5.41, 5.74) is 2.26. The number of nitrogens with zero attached hydrogens (tertiary/aromatic N) is 2. The highest BCUT2D eigenvalue weighted by atomic mass is 35.5. The van der Waals surface area contributed by atoms with Crippen molar-refractivity contribution < 1.29 is 18.7 Å². The molecule has 2 amide bonds. The van der Waals surface area contributed by atoms with Crippen LogP contribution in [0.1, 0.15) is 23.1 Å². The van der Waals surface area contributed by atoms with Crippen LogP contribution in [0.4, 0.5) is 15.8 Å². The van der Waals surface area contributed by atoms with Gasteiger partial charge in [0.1, 0.15) is 23.9 Å².